The highest BCUT2D eigenvalue weighted by molar-refractivity contribution is 7.47. The van der Waals surface area contributed by atoms with E-state index in [0.717, 1.165) is 122 Å². The van der Waals surface area contributed by atoms with Gasteiger partial charge in [-0.15, -0.1) is 0 Å². The molecule has 19 heteroatoms. The lowest BCUT2D eigenvalue weighted by Crippen LogP contribution is -2.30. The van der Waals surface area contributed by atoms with Gasteiger partial charge in [0, 0.05) is 25.7 Å². The van der Waals surface area contributed by atoms with E-state index < -0.39 is 97.5 Å². The topological polar surface area (TPSA) is 237 Å². The predicted octanol–water partition coefficient (Wildman–Crippen LogP) is 21.1. The van der Waals surface area contributed by atoms with Gasteiger partial charge in [-0.2, -0.15) is 0 Å². The average Bonchev–Trinajstić information content (AvgIpc) is 1.55. The first-order chi connectivity index (χ1) is 45.7. The minimum absolute atomic E-state index is 0.0891. The molecule has 0 aromatic rings. The third-order valence-electron chi connectivity index (χ3n) is 16.0. The number of aliphatic hydroxyl groups excluding tert-OH is 1. The molecule has 0 aromatic carbocycles. The summed E-state index contributed by atoms with van der Waals surface area (Å²) in [6, 6.07) is 0. The van der Waals surface area contributed by atoms with Gasteiger partial charge in [0.05, 0.1) is 26.4 Å². The van der Waals surface area contributed by atoms with E-state index in [4.69, 9.17) is 37.0 Å². The summed E-state index contributed by atoms with van der Waals surface area (Å²) < 4.78 is 68.3. The molecule has 5 unspecified atom stereocenters. The van der Waals surface area contributed by atoms with Crippen LogP contribution in [0.25, 0.3) is 0 Å². The molecule has 0 spiro atoms. The zero-order valence-electron chi connectivity index (χ0n) is 59.6. The molecule has 3 N–H and O–H groups in total. The fourth-order valence-corrected chi connectivity index (χ4v) is 11.8. The van der Waals surface area contributed by atoms with Crippen LogP contribution in [0.3, 0.4) is 0 Å². The highest BCUT2D eigenvalue weighted by atomic mass is 31.2. The third-order valence-corrected chi connectivity index (χ3v) is 17.9. The molecule has 0 saturated carbocycles. The van der Waals surface area contributed by atoms with E-state index in [1.54, 1.807) is 0 Å². The van der Waals surface area contributed by atoms with Gasteiger partial charge >= 0.3 is 39.5 Å². The maximum absolute atomic E-state index is 13.0. The van der Waals surface area contributed by atoms with Gasteiger partial charge in [-0.3, -0.25) is 37.3 Å². The molecule has 5 atom stereocenters. The standard InChI is InChI=1S/C75H136O17P2/c1-5-9-13-17-21-25-29-32-34-37-40-43-47-51-55-59-72(77)85-65-70(91-74(79)61-57-53-49-45-39-28-24-20-16-12-8-4)67-89-93(81,82)87-63-69(76)64-88-94(83,84)90-68-71(92-75(80)62-58-54-50-46-42-36-31-27-23-19-15-11-7-3)66-86-73(78)60-56-52-48-44-41-38-35-33-30-26-22-18-14-10-6-2/h10,14,20,22,24,26,33,35,41,44,69-71,76H,5-9,11-13,15-19,21,23,25,27-32,34,36-40,42-43,45-68H2,1-4H3,(H,81,82)(H,83,84)/b14-10-,24-20-,26-22-,35-33-,44-41-. The molecule has 0 rings (SSSR count). The molecular formula is C75H136O17P2. The summed E-state index contributed by atoms with van der Waals surface area (Å²) in [5, 5.41) is 10.6. The summed E-state index contributed by atoms with van der Waals surface area (Å²) in [6.07, 6.45) is 65.1. The smallest absolute Gasteiger partial charge is 0.462 e. The van der Waals surface area contributed by atoms with Crippen LogP contribution in [0, 0.1) is 0 Å². The number of unbranched alkanes of at least 4 members (excludes halogenated alkanes) is 35. The van der Waals surface area contributed by atoms with E-state index in [0.29, 0.717) is 25.7 Å². The molecule has 0 amide bonds. The van der Waals surface area contributed by atoms with Crippen molar-refractivity contribution < 1.29 is 80.2 Å². The van der Waals surface area contributed by atoms with Gasteiger partial charge < -0.3 is 33.8 Å². The molecule has 94 heavy (non-hydrogen) atoms. The SMILES string of the molecule is CC/C=C\C/C=C\C/C=C\C/C=C\CCCCC(=O)OCC(COP(=O)(O)OCC(O)COP(=O)(O)OCC(COC(=O)CCCCCCCCCCCCCCCCC)OC(=O)CCCCCCC/C=C\CCCC)OC(=O)CCCCCCCCCCCCCCC. The highest BCUT2D eigenvalue weighted by Crippen LogP contribution is 2.45. The summed E-state index contributed by atoms with van der Waals surface area (Å²) in [5.41, 5.74) is 0. The number of allylic oxidation sites excluding steroid dienone is 10. The first-order valence-electron chi connectivity index (χ1n) is 37.5. The molecule has 0 aliphatic carbocycles. The van der Waals surface area contributed by atoms with Crippen molar-refractivity contribution in [3.05, 3.63) is 60.8 Å². The van der Waals surface area contributed by atoms with Gasteiger partial charge in [-0.1, -0.05) is 288 Å². The van der Waals surface area contributed by atoms with Crippen molar-refractivity contribution >= 4 is 39.5 Å². The van der Waals surface area contributed by atoms with Crippen LogP contribution in [0.15, 0.2) is 60.8 Å². The van der Waals surface area contributed by atoms with Gasteiger partial charge in [-0.25, -0.2) is 9.13 Å². The Bertz CT molecular complexity index is 2030. The Morgan fingerprint density at radius 2 is 0.564 bits per heavy atom. The molecule has 0 fully saturated rings. The number of hydrogen-bond donors (Lipinski definition) is 3. The van der Waals surface area contributed by atoms with Crippen LogP contribution < -0.4 is 0 Å². The van der Waals surface area contributed by atoms with Crippen molar-refractivity contribution in [2.24, 2.45) is 0 Å². The van der Waals surface area contributed by atoms with Crippen molar-refractivity contribution in [3.63, 3.8) is 0 Å². The fourth-order valence-electron chi connectivity index (χ4n) is 10.3. The van der Waals surface area contributed by atoms with E-state index in [-0.39, 0.29) is 25.7 Å². The Labute approximate surface area is 571 Å². The van der Waals surface area contributed by atoms with Crippen molar-refractivity contribution in [1.82, 2.24) is 0 Å². The number of phosphoric ester groups is 2. The number of ether oxygens (including phenoxy) is 4. The summed E-state index contributed by atoms with van der Waals surface area (Å²) in [4.78, 5) is 72.7. The van der Waals surface area contributed by atoms with E-state index in [1.807, 2.05) is 0 Å². The van der Waals surface area contributed by atoms with Crippen molar-refractivity contribution in [2.45, 2.75) is 354 Å². The molecule has 548 valence electrons. The number of phosphoric acid groups is 2. The van der Waals surface area contributed by atoms with Crippen LogP contribution in [0.5, 0.6) is 0 Å². The Balaban J connectivity index is 5.31. The first-order valence-corrected chi connectivity index (χ1v) is 40.5. The van der Waals surface area contributed by atoms with Crippen LogP contribution in [-0.4, -0.2) is 96.7 Å². The number of esters is 4. The first kappa shape index (κ1) is 90.8. The molecule has 0 radical (unpaired) electrons. The van der Waals surface area contributed by atoms with E-state index in [9.17, 15) is 43.2 Å². The Morgan fingerprint density at radius 1 is 0.309 bits per heavy atom. The molecule has 0 bridgehead atoms. The van der Waals surface area contributed by atoms with Crippen molar-refractivity contribution in [3.8, 4) is 0 Å². The minimum atomic E-state index is -4.97. The summed E-state index contributed by atoms with van der Waals surface area (Å²) in [6.45, 7) is 4.71. The minimum Gasteiger partial charge on any atom is -0.462 e. The highest BCUT2D eigenvalue weighted by Gasteiger charge is 2.30. The van der Waals surface area contributed by atoms with Gasteiger partial charge in [0.15, 0.2) is 12.2 Å². The van der Waals surface area contributed by atoms with Gasteiger partial charge in [0.25, 0.3) is 0 Å². The van der Waals surface area contributed by atoms with Gasteiger partial charge in [0.2, 0.25) is 0 Å². The number of hydrogen-bond acceptors (Lipinski definition) is 15. The second-order valence-corrected chi connectivity index (χ2v) is 28.1. The molecule has 17 nitrogen and oxygen atoms in total. The van der Waals surface area contributed by atoms with E-state index in [1.165, 1.54) is 135 Å². The molecular weight excluding hydrogens is 1230 g/mol. The average molecular weight is 1370 g/mol. The number of aliphatic hydroxyl groups is 1. The Hall–Kier alpha value is -3.24. The largest absolute Gasteiger partial charge is 0.472 e. The second-order valence-electron chi connectivity index (χ2n) is 25.2. The molecule has 0 saturated heterocycles. The van der Waals surface area contributed by atoms with Crippen LogP contribution in [0.1, 0.15) is 336 Å². The quantitative estimate of drug-likeness (QED) is 0.0169. The normalized spacial score (nSPS) is 14.3. The monoisotopic (exact) mass is 1370 g/mol. The van der Waals surface area contributed by atoms with Crippen LogP contribution in [-0.2, 0) is 65.4 Å². The maximum Gasteiger partial charge on any atom is 0.472 e. The lowest BCUT2D eigenvalue weighted by Gasteiger charge is -2.21. The van der Waals surface area contributed by atoms with Crippen LogP contribution in [0.2, 0.25) is 0 Å². The molecule has 0 aliphatic rings. The molecule has 0 heterocycles. The number of carbonyl (C=O) groups excluding carboxylic acids is 4. The maximum atomic E-state index is 13.0. The second kappa shape index (κ2) is 68.3. The van der Waals surface area contributed by atoms with Crippen molar-refractivity contribution in [1.29, 1.82) is 0 Å². The zero-order chi connectivity index (χ0) is 69.0. The Kier molecular flexibility index (Phi) is 65.9. The zero-order valence-corrected chi connectivity index (χ0v) is 61.4. The van der Waals surface area contributed by atoms with Gasteiger partial charge in [0.1, 0.15) is 19.3 Å². The van der Waals surface area contributed by atoms with E-state index in [2.05, 4.69) is 88.5 Å². The van der Waals surface area contributed by atoms with E-state index >= 15 is 0 Å². The fraction of sp³-hybridized carbons (Fsp3) is 0.813. The summed E-state index contributed by atoms with van der Waals surface area (Å²) in [7, 11) is -9.94. The van der Waals surface area contributed by atoms with Gasteiger partial charge in [-0.05, 0) is 83.5 Å². The Morgan fingerprint density at radius 3 is 0.915 bits per heavy atom. The van der Waals surface area contributed by atoms with Crippen LogP contribution in [0.4, 0.5) is 0 Å². The van der Waals surface area contributed by atoms with Crippen molar-refractivity contribution in [2.75, 3.05) is 39.6 Å². The van der Waals surface area contributed by atoms with Crippen LogP contribution >= 0.6 is 15.6 Å². The lowest BCUT2D eigenvalue weighted by atomic mass is 10.0. The number of rotatable bonds is 71. The number of carbonyl (C=O) groups is 4. The summed E-state index contributed by atoms with van der Waals surface area (Å²) >= 11 is 0. The predicted molar refractivity (Wildman–Crippen MR) is 381 cm³/mol. The molecule has 0 aromatic heterocycles. The molecule has 0 aliphatic heterocycles. The summed E-state index contributed by atoms with van der Waals surface area (Å²) in [5.74, 6) is -2.20. The lowest BCUT2D eigenvalue weighted by molar-refractivity contribution is -0.161. The third kappa shape index (κ3) is 67.3.